The van der Waals surface area contributed by atoms with Crippen molar-refractivity contribution in [3.05, 3.63) is 46.2 Å². The van der Waals surface area contributed by atoms with Crippen LogP contribution in [0.25, 0.3) is 0 Å². The van der Waals surface area contributed by atoms with Crippen molar-refractivity contribution < 1.29 is 9.59 Å². The van der Waals surface area contributed by atoms with Crippen molar-refractivity contribution in [3.8, 4) is 0 Å². The number of amides is 2. The van der Waals surface area contributed by atoms with Crippen molar-refractivity contribution >= 4 is 41.6 Å². The van der Waals surface area contributed by atoms with E-state index in [0.29, 0.717) is 12.1 Å². The number of aromatic nitrogens is 2. The summed E-state index contributed by atoms with van der Waals surface area (Å²) in [4.78, 5) is 22.6. The van der Waals surface area contributed by atoms with Gasteiger partial charge in [-0.2, -0.15) is 5.10 Å². The van der Waals surface area contributed by atoms with Crippen LogP contribution in [0, 0.1) is 13.8 Å². The molecule has 0 aliphatic rings. The molecule has 1 aromatic heterocycles. The molecule has 3 N–H and O–H groups in total. The van der Waals surface area contributed by atoms with Gasteiger partial charge in [0.25, 0.3) is 5.91 Å². The van der Waals surface area contributed by atoms with E-state index in [0.717, 1.165) is 24.4 Å². The molecule has 0 radical (unpaired) electrons. The zero-order valence-corrected chi connectivity index (χ0v) is 21.2. The first kappa shape index (κ1) is 29.0. The molecule has 1 aromatic carbocycles. The average molecular weight is 470 g/mol. The summed E-state index contributed by atoms with van der Waals surface area (Å²) >= 11 is 7.47. The van der Waals surface area contributed by atoms with Gasteiger partial charge in [-0.05, 0) is 57.2 Å². The van der Waals surface area contributed by atoms with Gasteiger partial charge >= 0.3 is 0 Å². The molecule has 7 nitrogen and oxygen atoms in total. The summed E-state index contributed by atoms with van der Waals surface area (Å²) in [5, 5.41) is 12.6. The molecule has 0 fully saturated rings. The molecule has 1 unspecified atom stereocenters. The molecule has 1 atom stereocenters. The number of aromatic amines is 1. The van der Waals surface area contributed by atoms with Crippen LogP contribution in [0.5, 0.6) is 0 Å². The number of carbonyl (C=O) groups is 2. The topological polar surface area (TPSA) is 90.1 Å². The first-order chi connectivity index (χ1) is 14.8. The molecule has 174 valence electrons. The maximum Gasteiger partial charge on any atom is 0.271 e. The maximum atomic E-state index is 12.1. The second-order valence-electron chi connectivity index (χ2n) is 6.50. The van der Waals surface area contributed by atoms with Crippen LogP contribution in [-0.2, 0) is 4.79 Å². The number of nitrogens with zero attached hydrogens (tertiary/aromatic N) is 2. The van der Waals surface area contributed by atoms with Gasteiger partial charge in [-0.3, -0.25) is 19.0 Å². The number of halogens is 1. The highest BCUT2D eigenvalue weighted by atomic mass is 35.5. The number of aryl methyl sites for hydroxylation is 1. The summed E-state index contributed by atoms with van der Waals surface area (Å²) in [6.07, 6.45) is 5.66. The molecular weight excluding hydrogens is 434 g/mol. The van der Waals surface area contributed by atoms with Gasteiger partial charge in [0.2, 0.25) is 6.41 Å². The third-order valence-electron chi connectivity index (χ3n) is 4.55. The Bertz CT molecular complexity index is 765. The Morgan fingerprint density at radius 1 is 1.35 bits per heavy atom. The molecule has 9 heteroatoms. The van der Waals surface area contributed by atoms with Crippen LogP contribution < -0.4 is 10.6 Å². The minimum Gasteiger partial charge on any atom is -0.348 e. The van der Waals surface area contributed by atoms with Gasteiger partial charge in [0.15, 0.2) is 0 Å². The maximum absolute atomic E-state index is 12.1. The lowest BCUT2D eigenvalue weighted by Gasteiger charge is -2.20. The molecule has 2 aromatic rings. The highest BCUT2D eigenvalue weighted by Gasteiger charge is 2.17. The Morgan fingerprint density at radius 3 is 2.55 bits per heavy atom. The molecule has 31 heavy (non-hydrogen) atoms. The predicted octanol–water partition coefficient (Wildman–Crippen LogP) is 5.07. The van der Waals surface area contributed by atoms with E-state index in [-0.39, 0.29) is 17.6 Å². The summed E-state index contributed by atoms with van der Waals surface area (Å²) in [6.45, 7) is 11.0. The SMILES string of the molecule is CC.CCC(CCN(C)SC)NC(=O)c1[nH]ncc1NC=O.Cc1cccc(Cl)c1C. The Balaban J connectivity index is 0.000000679. The molecule has 0 aliphatic carbocycles. The minimum absolute atomic E-state index is 0.0875. The summed E-state index contributed by atoms with van der Waals surface area (Å²) in [5.41, 5.74) is 3.09. The third-order valence-corrected chi connectivity index (χ3v) is 5.77. The first-order valence-corrected chi connectivity index (χ1v) is 11.9. The van der Waals surface area contributed by atoms with Crippen LogP contribution in [0.3, 0.4) is 0 Å². The number of anilines is 1. The summed E-state index contributed by atoms with van der Waals surface area (Å²) in [7, 11) is 2.01. The molecule has 0 aliphatic heterocycles. The smallest absolute Gasteiger partial charge is 0.271 e. The summed E-state index contributed by atoms with van der Waals surface area (Å²) in [6, 6.07) is 6.01. The van der Waals surface area contributed by atoms with Gasteiger partial charge in [0, 0.05) is 17.6 Å². The lowest BCUT2D eigenvalue weighted by atomic mass is 10.1. The van der Waals surface area contributed by atoms with Gasteiger partial charge < -0.3 is 10.6 Å². The lowest BCUT2D eigenvalue weighted by molar-refractivity contribution is -0.105. The van der Waals surface area contributed by atoms with Crippen molar-refractivity contribution in [1.82, 2.24) is 19.8 Å². The minimum atomic E-state index is -0.259. The van der Waals surface area contributed by atoms with Gasteiger partial charge in [-0.1, -0.05) is 56.5 Å². The monoisotopic (exact) mass is 469 g/mol. The summed E-state index contributed by atoms with van der Waals surface area (Å²) in [5.74, 6) is -0.259. The number of hydrogen-bond donors (Lipinski definition) is 3. The van der Waals surface area contributed by atoms with Crippen molar-refractivity contribution in [2.75, 3.05) is 25.2 Å². The zero-order chi connectivity index (χ0) is 23.8. The number of rotatable bonds is 9. The highest BCUT2D eigenvalue weighted by molar-refractivity contribution is 7.96. The standard InChI is InChI=1S/C12H21N5O2S.C8H9Cl.C2H6/c1-4-9(5-6-17(2)20-3)15-12(19)11-10(13-8-18)7-14-16-11;1-6-4-3-5-8(9)7(6)2;1-2/h7-9H,4-6H2,1-3H3,(H,13,18)(H,14,16)(H,15,19);3-5H,1-2H3;1-2H3. The molecular formula is C22H36ClN5O2S. The van der Waals surface area contributed by atoms with E-state index in [1.54, 1.807) is 11.9 Å². The second kappa shape index (κ2) is 16.6. The van der Waals surface area contributed by atoms with E-state index in [2.05, 4.69) is 38.1 Å². The largest absolute Gasteiger partial charge is 0.348 e. The van der Waals surface area contributed by atoms with Crippen LogP contribution in [0.1, 0.15) is 55.2 Å². The molecule has 2 rings (SSSR count). The molecule has 0 spiro atoms. The molecule has 0 saturated heterocycles. The van der Waals surface area contributed by atoms with Crippen LogP contribution in [0.2, 0.25) is 5.02 Å². The summed E-state index contributed by atoms with van der Waals surface area (Å²) < 4.78 is 2.12. The highest BCUT2D eigenvalue weighted by Crippen LogP contribution is 2.17. The van der Waals surface area contributed by atoms with Crippen molar-refractivity contribution in [3.63, 3.8) is 0 Å². The van der Waals surface area contributed by atoms with Gasteiger partial charge in [-0.15, -0.1) is 0 Å². The van der Waals surface area contributed by atoms with E-state index in [1.165, 1.54) is 17.3 Å². The van der Waals surface area contributed by atoms with Gasteiger partial charge in [0.1, 0.15) is 5.69 Å². The quantitative estimate of drug-likeness (QED) is 0.352. The Labute approximate surface area is 195 Å². The molecule has 2 amide bonds. The lowest BCUT2D eigenvalue weighted by Crippen LogP contribution is -2.36. The van der Waals surface area contributed by atoms with E-state index in [1.807, 2.05) is 53.1 Å². The zero-order valence-electron chi connectivity index (χ0n) is 19.6. The third kappa shape index (κ3) is 10.7. The Morgan fingerprint density at radius 2 is 2.03 bits per heavy atom. The Kier molecular flexibility index (Phi) is 15.5. The van der Waals surface area contributed by atoms with E-state index in [9.17, 15) is 9.59 Å². The van der Waals surface area contributed by atoms with Crippen LogP contribution >= 0.6 is 23.5 Å². The number of carbonyl (C=O) groups excluding carboxylic acids is 2. The van der Waals surface area contributed by atoms with E-state index in [4.69, 9.17) is 11.6 Å². The van der Waals surface area contributed by atoms with Gasteiger partial charge in [-0.25, -0.2) is 0 Å². The Hall–Kier alpha value is -2.03. The average Bonchev–Trinajstić information content (AvgIpc) is 3.25. The molecule has 1 heterocycles. The van der Waals surface area contributed by atoms with Crippen LogP contribution in [0.4, 0.5) is 5.69 Å². The van der Waals surface area contributed by atoms with Crippen molar-refractivity contribution in [2.24, 2.45) is 0 Å². The second-order valence-corrected chi connectivity index (χ2v) is 7.90. The fourth-order valence-electron chi connectivity index (χ4n) is 2.41. The molecule has 0 saturated carbocycles. The molecule has 0 bridgehead atoms. The van der Waals surface area contributed by atoms with Crippen molar-refractivity contribution in [1.29, 1.82) is 0 Å². The van der Waals surface area contributed by atoms with E-state index >= 15 is 0 Å². The number of hydrogen-bond acceptors (Lipinski definition) is 5. The van der Waals surface area contributed by atoms with Gasteiger partial charge in [0.05, 0.1) is 11.9 Å². The first-order valence-electron chi connectivity index (χ1n) is 10.3. The predicted molar refractivity (Wildman–Crippen MR) is 133 cm³/mol. The van der Waals surface area contributed by atoms with Crippen LogP contribution in [0.15, 0.2) is 24.4 Å². The fourth-order valence-corrected chi connectivity index (χ4v) is 2.92. The van der Waals surface area contributed by atoms with Crippen LogP contribution in [-0.4, -0.2) is 52.7 Å². The van der Waals surface area contributed by atoms with Crippen molar-refractivity contribution in [2.45, 2.75) is 53.5 Å². The number of nitrogens with one attached hydrogen (secondary N) is 3. The number of benzene rings is 1. The fraction of sp³-hybridized carbons (Fsp3) is 0.500. The number of H-pyrrole nitrogens is 1. The van der Waals surface area contributed by atoms with E-state index < -0.39 is 0 Å². The normalized spacial score (nSPS) is 10.9.